The summed E-state index contributed by atoms with van der Waals surface area (Å²) in [6.07, 6.45) is 0.749. The monoisotopic (exact) mass is 331 g/mol. The SMILES string of the molecule is Cc1ccc(OCCCNC(=O)N(C)Cc2c(C)noc2C)cc1. The van der Waals surface area contributed by atoms with Gasteiger partial charge in [-0.25, -0.2) is 4.79 Å². The van der Waals surface area contributed by atoms with E-state index in [0.29, 0.717) is 19.7 Å². The fraction of sp³-hybridized carbons (Fsp3) is 0.444. The minimum atomic E-state index is -0.120. The van der Waals surface area contributed by atoms with Crippen LogP contribution in [0.15, 0.2) is 28.8 Å². The molecular formula is C18H25N3O3. The molecule has 0 unspecified atom stereocenters. The summed E-state index contributed by atoms with van der Waals surface area (Å²) in [7, 11) is 1.75. The maximum absolute atomic E-state index is 12.1. The summed E-state index contributed by atoms with van der Waals surface area (Å²) in [5.74, 6) is 1.60. The minimum absolute atomic E-state index is 0.120. The second-order valence-corrected chi connectivity index (χ2v) is 5.91. The lowest BCUT2D eigenvalue weighted by atomic mass is 10.2. The standard InChI is InChI=1S/C18H25N3O3/c1-13-6-8-16(9-7-13)23-11-5-10-19-18(22)21(4)12-17-14(2)20-24-15(17)3/h6-9H,5,10-12H2,1-4H3,(H,19,22). The van der Waals surface area contributed by atoms with Crippen LogP contribution in [0.3, 0.4) is 0 Å². The highest BCUT2D eigenvalue weighted by atomic mass is 16.5. The van der Waals surface area contributed by atoms with Gasteiger partial charge in [0.1, 0.15) is 11.5 Å². The number of ether oxygens (including phenoxy) is 1. The Labute approximate surface area is 142 Å². The predicted molar refractivity (Wildman–Crippen MR) is 92.1 cm³/mol. The number of aryl methyl sites for hydroxylation is 3. The van der Waals surface area contributed by atoms with Crippen molar-refractivity contribution in [2.75, 3.05) is 20.2 Å². The molecule has 0 spiro atoms. The number of aromatic nitrogens is 1. The molecule has 2 aromatic rings. The van der Waals surface area contributed by atoms with E-state index in [1.807, 2.05) is 45.0 Å². The molecule has 1 heterocycles. The van der Waals surface area contributed by atoms with Crippen LogP contribution in [0.1, 0.15) is 29.0 Å². The number of carbonyl (C=O) groups excluding carboxylic acids is 1. The number of carbonyl (C=O) groups is 1. The molecule has 0 bridgehead atoms. The Morgan fingerprint density at radius 2 is 1.96 bits per heavy atom. The number of amides is 2. The van der Waals surface area contributed by atoms with Crippen LogP contribution in [0.2, 0.25) is 0 Å². The molecule has 0 aliphatic heterocycles. The second-order valence-electron chi connectivity index (χ2n) is 5.91. The molecule has 2 rings (SSSR count). The van der Waals surface area contributed by atoms with E-state index in [-0.39, 0.29) is 6.03 Å². The third-order valence-corrected chi connectivity index (χ3v) is 3.81. The first-order valence-electron chi connectivity index (χ1n) is 8.07. The van der Waals surface area contributed by atoms with E-state index in [1.165, 1.54) is 5.56 Å². The maximum atomic E-state index is 12.1. The highest BCUT2D eigenvalue weighted by Crippen LogP contribution is 2.14. The number of rotatable bonds is 7. The molecule has 0 radical (unpaired) electrons. The van der Waals surface area contributed by atoms with Gasteiger partial charge < -0.3 is 19.5 Å². The first-order valence-corrected chi connectivity index (χ1v) is 8.07. The second kappa shape index (κ2) is 8.38. The molecule has 0 fully saturated rings. The topological polar surface area (TPSA) is 67.6 Å². The lowest BCUT2D eigenvalue weighted by molar-refractivity contribution is 0.205. The van der Waals surface area contributed by atoms with Gasteiger partial charge in [0.05, 0.1) is 18.8 Å². The summed E-state index contributed by atoms with van der Waals surface area (Å²) in [6.45, 7) is 7.38. The minimum Gasteiger partial charge on any atom is -0.494 e. The Kier molecular flexibility index (Phi) is 6.23. The number of hydrogen-bond donors (Lipinski definition) is 1. The van der Waals surface area contributed by atoms with Crippen LogP contribution in [0.4, 0.5) is 4.79 Å². The van der Waals surface area contributed by atoms with E-state index < -0.39 is 0 Å². The number of nitrogens with one attached hydrogen (secondary N) is 1. The van der Waals surface area contributed by atoms with Gasteiger partial charge in [-0.15, -0.1) is 0 Å². The fourth-order valence-electron chi connectivity index (χ4n) is 2.26. The van der Waals surface area contributed by atoms with E-state index >= 15 is 0 Å². The quantitative estimate of drug-likeness (QED) is 0.791. The molecule has 0 atom stereocenters. The summed E-state index contributed by atoms with van der Waals surface area (Å²) in [6, 6.07) is 7.81. The zero-order chi connectivity index (χ0) is 17.5. The van der Waals surface area contributed by atoms with Crippen molar-refractivity contribution in [2.24, 2.45) is 0 Å². The normalized spacial score (nSPS) is 10.5. The van der Waals surface area contributed by atoms with Crippen molar-refractivity contribution in [3.05, 3.63) is 46.8 Å². The molecule has 1 aromatic heterocycles. The average molecular weight is 331 g/mol. The third kappa shape index (κ3) is 5.01. The van der Waals surface area contributed by atoms with Gasteiger partial charge in [-0.3, -0.25) is 0 Å². The van der Waals surface area contributed by atoms with Crippen molar-refractivity contribution in [3.8, 4) is 5.75 Å². The van der Waals surface area contributed by atoms with Crippen LogP contribution < -0.4 is 10.1 Å². The molecule has 24 heavy (non-hydrogen) atoms. The Morgan fingerprint density at radius 1 is 1.25 bits per heavy atom. The molecule has 6 nitrogen and oxygen atoms in total. The number of hydrogen-bond acceptors (Lipinski definition) is 4. The molecule has 6 heteroatoms. The van der Waals surface area contributed by atoms with Gasteiger partial charge in [-0.05, 0) is 39.3 Å². The number of urea groups is 1. The van der Waals surface area contributed by atoms with E-state index in [4.69, 9.17) is 9.26 Å². The predicted octanol–water partition coefficient (Wildman–Crippen LogP) is 3.21. The van der Waals surface area contributed by atoms with Gasteiger partial charge in [0.2, 0.25) is 0 Å². The largest absolute Gasteiger partial charge is 0.494 e. The zero-order valence-electron chi connectivity index (χ0n) is 14.8. The van der Waals surface area contributed by atoms with Crippen molar-refractivity contribution in [2.45, 2.75) is 33.7 Å². The first kappa shape index (κ1) is 17.8. The van der Waals surface area contributed by atoms with Gasteiger partial charge >= 0.3 is 6.03 Å². The van der Waals surface area contributed by atoms with Gasteiger partial charge in [-0.1, -0.05) is 22.9 Å². The average Bonchev–Trinajstić information content (AvgIpc) is 2.88. The van der Waals surface area contributed by atoms with Crippen LogP contribution >= 0.6 is 0 Å². The molecule has 0 aliphatic carbocycles. The van der Waals surface area contributed by atoms with Gasteiger partial charge in [-0.2, -0.15) is 0 Å². The van der Waals surface area contributed by atoms with Crippen LogP contribution in [-0.2, 0) is 6.54 Å². The molecule has 0 saturated heterocycles. The van der Waals surface area contributed by atoms with Crippen molar-refractivity contribution < 1.29 is 14.1 Å². The van der Waals surface area contributed by atoms with Crippen molar-refractivity contribution in [3.63, 3.8) is 0 Å². The molecular weight excluding hydrogens is 306 g/mol. The summed E-state index contributed by atoms with van der Waals surface area (Å²) in [5, 5.41) is 6.78. The molecule has 0 aliphatic rings. The van der Waals surface area contributed by atoms with E-state index in [1.54, 1.807) is 11.9 Å². The van der Waals surface area contributed by atoms with Crippen LogP contribution in [0, 0.1) is 20.8 Å². The number of benzene rings is 1. The van der Waals surface area contributed by atoms with Gasteiger partial charge in [0.25, 0.3) is 0 Å². The first-order chi connectivity index (χ1) is 11.5. The number of nitrogens with zero attached hydrogens (tertiary/aromatic N) is 2. The lowest BCUT2D eigenvalue weighted by Crippen LogP contribution is -2.37. The molecule has 2 amide bonds. The smallest absolute Gasteiger partial charge is 0.317 e. The van der Waals surface area contributed by atoms with Gasteiger partial charge in [0.15, 0.2) is 0 Å². The Morgan fingerprint density at radius 3 is 2.58 bits per heavy atom. The van der Waals surface area contributed by atoms with Crippen LogP contribution in [0.5, 0.6) is 5.75 Å². The lowest BCUT2D eigenvalue weighted by Gasteiger charge is -2.17. The Hall–Kier alpha value is -2.50. The third-order valence-electron chi connectivity index (χ3n) is 3.81. The Balaban J connectivity index is 1.66. The fourth-order valence-corrected chi connectivity index (χ4v) is 2.26. The van der Waals surface area contributed by atoms with E-state index in [0.717, 1.165) is 29.2 Å². The summed E-state index contributed by atoms with van der Waals surface area (Å²) >= 11 is 0. The van der Waals surface area contributed by atoms with Crippen LogP contribution in [-0.4, -0.2) is 36.3 Å². The van der Waals surface area contributed by atoms with Gasteiger partial charge in [0, 0.05) is 19.2 Å². The summed E-state index contributed by atoms with van der Waals surface area (Å²) in [4.78, 5) is 13.7. The summed E-state index contributed by atoms with van der Waals surface area (Å²) < 4.78 is 10.7. The van der Waals surface area contributed by atoms with Crippen LogP contribution in [0.25, 0.3) is 0 Å². The highest BCUT2D eigenvalue weighted by molar-refractivity contribution is 5.73. The molecule has 0 saturated carbocycles. The van der Waals surface area contributed by atoms with Crippen molar-refractivity contribution in [1.29, 1.82) is 0 Å². The van der Waals surface area contributed by atoms with E-state index in [2.05, 4.69) is 10.5 Å². The highest BCUT2D eigenvalue weighted by Gasteiger charge is 2.14. The zero-order valence-corrected chi connectivity index (χ0v) is 14.8. The molecule has 1 N–H and O–H groups in total. The molecule has 130 valence electrons. The van der Waals surface area contributed by atoms with E-state index in [9.17, 15) is 4.79 Å². The van der Waals surface area contributed by atoms with Crippen molar-refractivity contribution in [1.82, 2.24) is 15.4 Å². The Bertz CT molecular complexity index is 645. The summed E-state index contributed by atoms with van der Waals surface area (Å²) in [5.41, 5.74) is 2.98. The van der Waals surface area contributed by atoms with Crippen molar-refractivity contribution >= 4 is 6.03 Å². The maximum Gasteiger partial charge on any atom is 0.317 e. The molecule has 1 aromatic carbocycles.